The summed E-state index contributed by atoms with van der Waals surface area (Å²) in [6.07, 6.45) is 1.73. The molecule has 1 aliphatic heterocycles. The molecule has 4 rings (SSSR count). The van der Waals surface area contributed by atoms with Crippen LogP contribution in [-0.4, -0.2) is 29.9 Å². The minimum Gasteiger partial charge on any atom is -0.493 e. The smallest absolute Gasteiger partial charge is 0.270 e. The predicted octanol–water partition coefficient (Wildman–Crippen LogP) is 6.73. The Bertz CT molecular complexity index is 1380. The predicted molar refractivity (Wildman–Crippen MR) is 150 cm³/mol. The van der Waals surface area contributed by atoms with Crippen molar-refractivity contribution < 1.29 is 19.1 Å². The largest absolute Gasteiger partial charge is 0.493 e. The van der Waals surface area contributed by atoms with Gasteiger partial charge in [0, 0.05) is 15.7 Å². The first-order valence-electron chi connectivity index (χ1n) is 10.7. The van der Waals surface area contributed by atoms with Crippen molar-refractivity contribution in [2.45, 2.75) is 6.92 Å². The highest BCUT2D eigenvalue weighted by Gasteiger charge is 2.33. The van der Waals surface area contributed by atoms with Crippen molar-refractivity contribution in [2.24, 2.45) is 0 Å². The maximum atomic E-state index is 13.0. The van der Waals surface area contributed by atoms with Gasteiger partial charge in [-0.3, -0.25) is 14.5 Å². The van der Waals surface area contributed by atoms with Crippen LogP contribution in [0.4, 0.5) is 11.4 Å². The molecule has 1 fully saturated rings. The Morgan fingerprint density at radius 1 is 1.06 bits per heavy atom. The first-order chi connectivity index (χ1) is 17.2. The Balaban J connectivity index is 1.45. The normalized spacial score (nSPS) is 14.3. The number of thiocarbonyl (C=S) groups is 1. The van der Waals surface area contributed by atoms with Crippen molar-refractivity contribution in [3.05, 3.63) is 86.7 Å². The number of rotatable bonds is 7. The van der Waals surface area contributed by atoms with E-state index in [2.05, 4.69) is 5.32 Å². The number of ether oxygens (including phenoxy) is 2. The Kier molecular flexibility index (Phi) is 8.21. The fourth-order valence-electron chi connectivity index (χ4n) is 3.38. The number of anilines is 2. The molecule has 0 spiro atoms. The van der Waals surface area contributed by atoms with Gasteiger partial charge in [-0.2, -0.15) is 0 Å². The number of amides is 2. The molecule has 36 heavy (non-hydrogen) atoms. The highest BCUT2D eigenvalue weighted by atomic mass is 35.5. The number of nitrogens with one attached hydrogen (secondary N) is 1. The summed E-state index contributed by atoms with van der Waals surface area (Å²) < 4.78 is 11.6. The Labute approximate surface area is 228 Å². The summed E-state index contributed by atoms with van der Waals surface area (Å²) in [5.41, 5.74) is 2.87. The molecule has 10 heteroatoms. The van der Waals surface area contributed by atoms with Gasteiger partial charge >= 0.3 is 0 Å². The van der Waals surface area contributed by atoms with Crippen molar-refractivity contribution in [1.29, 1.82) is 0 Å². The number of hydrogen-bond acceptors (Lipinski definition) is 6. The number of benzene rings is 3. The van der Waals surface area contributed by atoms with Crippen LogP contribution in [0, 0.1) is 6.92 Å². The first-order valence-corrected chi connectivity index (χ1v) is 12.6. The molecule has 0 aromatic heterocycles. The van der Waals surface area contributed by atoms with Gasteiger partial charge < -0.3 is 14.8 Å². The van der Waals surface area contributed by atoms with E-state index >= 15 is 0 Å². The van der Waals surface area contributed by atoms with Crippen LogP contribution in [-0.2, 0) is 9.59 Å². The third-order valence-corrected chi connectivity index (χ3v) is 6.99. The van der Waals surface area contributed by atoms with Crippen molar-refractivity contribution in [2.75, 3.05) is 23.9 Å². The maximum absolute atomic E-state index is 13.0. The lowest BCUT2D eigenvalue weighted by Crippen LogP contribution is -2.27. The average molecular weight is 559 g/mol. The van der Waals surface area contributed by atoms with E-state index in [0.717, 1.165) is 11.1 Å². The lowest BCUT2D eigenvalue weighted by atomic mass is 10.1. The average Bonchev–Trinajstić information content (AvgIpc) is 3.13. The number of carbonyl (C=O) groups is 2. The Morgan fingerprint density at radius 3 is 2.50 bits per heavy atom. The zero-order valence-corrected chi connectivity index (χ0v) is 22.4. The van der Waals surface area contributed by atoms with Gasteiger partial charge in [0.05, 0.1) is 17.7 Å². The molecular weight excluding hydrogens is 539 g/mol. The van der Waals surface area contributed by atoms with Crippen molar-refractivity contribution in [1.82, 2.24) is 0 Å². The number of thioether (sulfide) groups is 1. The maximum Gasteiger partial charge on any atom is 0.270 e. The number of hydrogen-bond donors (Lipinski definition) is 1. The summed E-state index contributed by atoms with van der Waals surface area (Å²) in [6.45, 7) is 1.65. The van der Waals surface area contributed by atoms with Gasteiger partial charge in [-0.05, 0) is 72.7 Å². The van der Waals surface area contributed by atoms with E-state index in [-0.39, 0.29) is 18.4 Å². The van der Waals surface area contributed by atoms with E-state index in [9.17, 15) is 9.59 Å². The summed E-state index contributed by atoms with van der Waals surface area (Å²) in [5, 5.41) is 3.89. The first kappa shape index (κ1) is 26.0. The molecule has 3 aromatic carbocycles. The molecule has 0 bridgehead atoms. The van der Waals surface area contributed by atoms with Crippen molar-refractivity contribution in [3.63, 3.8) is 0 Å². The molecule has 6 nitrogen and oxygen atoms in total. The second-order valence-electron chi connectivity index (χ2n) is 7.70. The highest BCUT2D eigenvalue weighted by molar-refractivity contribution is 8.27. The van der Waals surface area contributed by atoms with Crippen LogP contribution in [0.2, 0.25) is 10.0 Å². The lowest BCUT2D eigenvalue weighted by Gasteiger charge is -2.14. The van der Waals surface area contributed by atoms with Gasteiger partial charge in [0.25, 0.3) is 11.8 Å². The Morgan fingerprint density at radius 2 is 1.78 bits per heavy atom. The molecule has 1 saturated heterocycles. The molecule has 1 heterocycles. The molecule has 0 saturated carbocycles. The second-order valence-corrected chi connectivity index (χ2v) is 10.2. The quantitative estimate of drug-likeness (QED) is 0.256. The SMILES string of the molecule is COc1cc(/C=C2\SC(=S)N(c3ccc(Cl)cc3)C2=O)ccc1OCC(=O)Nc1cc(Cl)ccc1C. The van der Waals surface area contributed by atoms with Crippen LogP contribution in [0.3, 0.4) is 0 Å². The third kappa shape index (κ3) is 6.02. The number of nitrogens with zero attached hydrogens (tertiary/aromatic N) is 1. The van der Waals surface area contributed by atoms with Crippen LogP contribution in [0.5, 0.6) is 11.5 Å². The van der Waals surface area contributed by atoms with E-state index in [1.165, 1.54) is 23.8 Å². The third-order valence-electron chi connectivity index (χ3n) is 5.20. The minimum atomic E-state index is -0.336. The Hall–Kier alpha value is -3.04. The van der Waals surface area contributed by atoms with E-state index in [1.54, 1.807) is 60.7 Å². The topological polar surface area (TPSA) is 67.9 Å². The molecule has 2 amide bonds. The second kappa shape index (κ2) is 11.3. The van der Waals surface area contributed by atoms with Crippen LogP contribution in [0.15, 0.2) is 65.6 Å². The summed E-state index contributed by atoms with van der Waals surface area (Å²) >= 11 is 18.6. The zero-order valence-electron chi connectivity index (χ0n) is 19.2. The number of methoxy groups -OCH3 is 1. The molecule has 0 radical (unpaired) electrons. The van der Waals surface area contributed by atoms with Crippen molar-refractivity contribution >= 4 is 80.8 Å². The van der Waals surface area contributed by atoms with Gasteiger partial charge in [-0.1, -0.05) is 59.3 Å². The van der Waals surface area contributed by atoms with Gasteiger partial charge in [0.15, 0.2) is 22.4 Å². The fraction of sp³-hybridized carbons (Fsp3) is 0.115. The zero-order chi connectivity index (χ0) is 25.8. The van der Waals surface area contributed by atoms with E-state index in [4.69, 9.17) is 44.9 Å². The van der Waals surface area contributed by atoms with Crippen LogP contribution in [0.1, 0.15) is 11.1 Å². The number of carbonyl (C=O) groups excluding carboxylic acids is 2. The van der Waals surface area contributed by atoms with Gasteiger partial charge in [0.1, 0.15) is 0 Å². The molecule has 0 atom stereocenters. The summed E-state index contributed by atoms with van der Waals surface area (Å²) in [6, 6.07) is 17.3. The van der Waals surface area contributed by atoms with Crippen LogP contribution in [0.25, 0.3) is 6.08 Å². The molecule has 0 aliphatic carbocycles. The molecule has 3 aromatic rings. The number of halogens is 2. The van der Waals surface area contributed by atoms with E-state index in [0.29, 0.717) is 42.1 Å². The van der Waals surface area contributed by atoms with Crippen LogP contribution < -0.4 is 19.7 Å². The molecule has 0 unspecified atom stereocenters. The van der Waals surface area contributed by atoms with Gasteiger partial charge in [-0.15, -0.1) is 0 Å². The van der Waals surface area contributed by atoms with Gasteiger partial charge in [0.2, 0.25) is 0 Å². The summed E-state index contributed by atoms with van der Waals surface area (Å²) in [5.74, 6) is 0.252. The molecule has 1 aliphatic rings. The summed E-state index contributed by atoms with van der Waals surface area (Å²) in [4.78, 5) is 27.3. The standard InChI is InChI=1S/C26H20Cl2N2O4S2/c1-15-3-5-18(28)13-20(15)29-24(31)14-34-21-10-4-16(11-22(21)33-2)12-23-25(32)30(26(35)36-23)19-8-6-17(27)7-9-19/h3-13H,14H2,1-2H3,(H,29,31)/b23-12-. The lowest BCUT2D eigenvalue weighted by molar-refractivity contribution is -0.118. The summed E-state index contributed by atoms with van der Waals surface area (Å²) in [7, 11) is 1.50. The van der Waals surface area contributed by atoms with Gasteiger partial charge in [-0.25, -0.2) is 0 Å². The van der Waals surface area contributed by atoms with Crippen molar-refractivity contribution in [3.8, 4) is 11.5 Å². The van der Waals surface area contributed by atoms with E-state index < -0.39 is 0 Å². The highest BCUT2D eigenvalue weighted by Crippen LogP contribution is 2.37. The molecular formula is C26H20Cl2N2O4S2. The molecule has 184 valence electrons. The monoisotopic (exact) mass is 558 g/mol. The fourth-order valence-corrected chi connectivity index (χ4v) is 4.98. The van der Waals surface area contributed by atoms with Crippen LogP contribution >= 0.6 is 47.2 Å². The number of aryl methyl sites for hydroxylation is 1. The molecule has 1 N–H and O–H groups in total. The van der Waals surface area contributed by atoms with E-state index in [1.807, 2.05) is 13.0 Å². The minimum absolute atomic E-state index is 0.221.